The Bertz CT molecular complexity index is 723. The summed E-state index contributed by atoms with van der Waals surface area (Å²) >= 11 is 1.46. The Hall–Kier alpha value is -1.69. The van der Waals surface area contributed by atoms with Crippen LogP contribution in [-0.4, -0.2) is 31.2 Å². The van der Waals surface area contributed by atoms with Gasteiger partial charge < -0.3 is 0 Å². The number of ketones is 1. The number of fused-ring (bicyclic) bond motifs is 1. The number of rotatable bonds is 5. The SMILES string of the molecule is C[C@H](Sc1nnnn1C1CC1)C(=O)c1ccc2c(c1)CCC2. The molecule has 1 heterocycles. The van der Waals surface area contributed by atoms with Crippen molar-refractivity contribution in [2.75, 3.05) is 0 Å². The second-order valence-electron chi connectivity index (χ2n) is 6.10. The lowest BCUT2D eigenvalue weighted by atomic mass is 10.0. The Balaban J connectivity index is 1.51. The number of carbonyl (C=O) groups excluding carboxylic acids is 1. The van der Waals surface area contributed by atoms with E-state index in [9.17, 15) is 4.79 Å². The Morgan fingerprint density at radius 1 is 1.32 bits per heavy atom. The number of nitrogens with zero attached hydrogens (tertiary/aromatic N) is 4. The third kappa shape index (κ3) is 2.56. The third-order valence-electron chi connectivity index (χ3n) is 4.39. The van der Waals surface area contributed by atoms with E-state index < -0.39 is 0 Å². The first-order valence-corrected chi connectivity index (χ1v) is 8.71. The van der Waals surface area contributed by atoms with Gasteiger partial charge in [-0.3, -0.25) is 4.79 Å². The highest BCUT2D eigenvalue weighted by molar-refractivity contribution is 8.00. The van der Waals surface area contributed by atoms with Crippen molar-refractivity contribution in [3.63, 3.8) is 0 Å². The van der Waals surface area contributed by atoms with Gasteiger partial charge in [0.15, 0.2) is 5.78 Å². The van der Waals surface area contributed by atoms with E-state index in [2.05, 4.69) is 27.7 Å². The number of Topliss-reactive ketones (excluding diaryl/α,β-unsaturated/α-hetero) is 1. The predicted molar refractivity (Wildman–Crippen MR) is 84.2 cm³/mol. The molecule has 0 radical (unpaired) electrons. The number of hydrogen-bond acceptors (Lipinski definition) is 5. The molecule has 0 bridgehead atoms. The molecule has 0 amide bonds. The monoisotopic (exact) mass is 314 g/mol. The highest BCUT2D eigenvalue weighted by Crippen LogP contribution is 2.37. The van der Waals surface area contributed by atoms with Crippen molar-refractivity contribution in [1.29, 1.82) is 0 Å². The Kier molecular flexibility index (Phi) is 3.48. The molecule has 1 aromatic carbocycles. The molecule has 6 heteroatoms. The fraction of sp³-hybridized carbons (Fsp3) is 0.500. The molecule has 0 saturated heterocycles. The molecule has 2 aliphatic rings. The molecule has 2 aromatic rings. The van der Waals surface area contributed by atoms with E-state index >= 15 is 0 Å². The minimum atomic E-state index is -0.178. The molecular formula is C16H18N4OS. The quantitative estimate of drug-likeness (QED) is 0.627. The standard InChI is InChI=1S/C16H18N4OS/c1-10(22-16-17-18-19-20(16)14-7-8-14)15(21)13-6-5-11-3-2-4-12(11)9-13/h5-6,9-10,14H,2-4,7-8H2,1H3/t10-/m0/s1. The summed E-state index contributed by atoms with van der Waals surface area (Å²) in [5.41, 5.74) is 3.55. The normalized spacial score (nSPS) is 18.2. The van der Waals surface area contributed by atoms with Crippen molar-refractivity contribution in [2.45, 2.75) is 55.5 Å². The molecule has 0 aliphatic heterocycles. The Morgan fingerprint density at radius 3 is 2.95 bits per heavy atom. The van der Waals surface area contributed by atoms with E-state index in [0.29, 0.717) is 6.04 Å². The lowest BCUT2D eigenvalue weighted by molar-refractivity contribution is 0.0993. The van der Waals surface area contributed by atoms with Crippen molar-refractivity contribution in [3.05, 3.63) is 34.9 Å². The van der Waals surface area contributed by atoms with Crippen LogP contribution in [0.2, 0.25) is 0 Å². The van der Waals surface area contributed by atoms with E-state index in [4.69, 9.17) is 0 Å². The summed E-state index contributed by atoms with van der Waals surface area (Å²) in [6, 6.07) is 6.58. The number of thioether (sulfide) groups is 1. The van der Waals surface area contributed by atoms with Crippen LogP contribution in [0.25, 0.3) is 0 Å². The molecule has 4 rings (SSSR count). The second kappa shape index (κ2) is 5.50. The van der Waals surface area contributed by atoms with Crippen LogP contribution >= 0.6 is 11.8 Å². The highest BCUT2D eigenvalue weighted by atomic mass is 32.2. The molecule has 1 fully saturated rings. The number of carbonyl (C=O) groups is 1. The fourth-order valence-electron chi connectivity index (χ4n) is 2.98. The van der Waals surface area contributed by atoms with Crippen molar-refractivity contribution in [1.82, 2.24) is 20.2 Å². The van der Waals surface area contributed by atoms with Crippen LogP contribution in [0.3, 0.4) is 0 Å². The van der Waals surface area contributed by atoms with E-state index in [1.807, 2.05) is 17.7 Å². The zero-order valence-electron chi connectivity index (χ0n) is 12.5. The zero-order chi connectivity index (χ0) is 15.1. The molecule has 1 saturated carbocycles. The Labute approximate surface area is 133 Å². The van der Waals surface area contributed by atoms with Crippen molar-refractivity contribution < 1.29 is 4.79 Å². The molecule has 1 aromatic heterocycles. The first-order chi connectivity index (χ1) is 10.7. The zero-order valence-corrected chi connectivity index (χ0v) is 13.3. The summed E-state index contributed by atoms with van der Waals surface area (Å²) in [5, 5.41) is 12.4. The Morgan fingerprint density at radius 2 is 2.14 bits per heavy atom. The van der Waals surface area contributed by atoms with Gasteiger partial charge >= 0.3 is 0 Å². The van der Waals surface area contributed by atoms with Gasteiger partial charge in [-0.2, -0.15) is 0 Å². The minimum absolute atomic E-state index is 0.157. The van der Waals surface area contributed by atoms with Crippen LogP contribution < -0.4 is 0 Å². The second-order valence-corrected chi connectivity index (χ2v) is 7.41. The fourth-order valence-corrected chi connectivity index (χ4v) is 3.92. The first kappa shape index (κ1) is 13.9. The van der Waals surface area contributed by atoms with Crippen LogP contribution in [0.15, 0.2) is 23.4 Å². The number of hydrogen-bond donors (Lipinski definition) is 0. The molecule has 0 N–H and O–H groups in total. The lowest BCUT2D eigenvalue weighted by Gasteiger charge is -2.11. The molecule has 114 valence electrons. The molecule has 1 atom stereocenters. The summed E-state index contributed by atoms with van der Waals surface area (Å²) in [7, 11) is 0. The molecule has 2 aliphatic carbocycles. The molecule has 0 unspecified atom stereocenters. The smallest absolute Gasteiger partial charge is 0.210 e. The van der Waals surface area contributed by atoms with Crippen LogP contribution in [0.5, 0.6) is 0 Å². The minimum Gasteiger partial charge on any atom is -0.293 e. The van der Waals surface area contributed by atoms with Gasteiger partial charge in [0.05, 0.1) is 11.3 Å². The van der Waals surface area contributed by atoms with Gasteiger partial charge in [0.2, 0.25) is 5.16 Å². The van der Waals surface area contributed by atoms with E-state index in [0.717, 1.165) is 36.4 Å². The van der Waals surface area contributed by atoms with Crippen LogP contribution in [0.4, 0.5) is 0 Å². The molecular weight excluding hydrogens is 296 g/mol. The van der Waals surface area contributed by atoms with Gasteiger partial charge in [0.25, 0.3) is 0 Å². The third-order valence-corrected chi connectivity index (χ3v) is 5.44. The first-order valence-electron chi connectivity index (χ1n) is 7.83. The number of benzene rings is 1. The maximum atomic E-state index is 12.7. The largest absolute Gasteiger partial charge is 0.293 e. The van der Waals surface area contributed by atoms with E-state index in [1.165, 1.54) is 29.3 Å². The molecule has 0 spiro atoms. The molecule has 5 nitrogen and oxygen atoms in total. The lowest BCUT2D eigenvalue weighted by Crippen LogP contribution is -2.15. The predicted octanol–water partition coefficient (Wildman–Crippen LogP) is 2.86. The number of aryl methyl sites for hydroxylation is 2. The summed E-state index contributed by atoms with van der Waals surface area (Å²) in [5.74, 6) is 0.157. The van der Waals surface area contributed by atoms with Gasteiger partial charge in [0.1, 0.15) is 0 Å². The summed E-state index contributed by atoms with van der Waals surface area (Å²) in [4.78, 5) is 12.7. The summed E-state index contributed by atoms with van der Waals surface area (Å²) < 4.78 is 1.86. The average molecular weight is 314 g/mol. The van der Waals surface area contributed by atoms with Crippen molar-refractivity contribution in [2.24, 2.45) is 0 Å². The summed E-state index contributed by atoms with van der Waals surface area (Å²) in [6.45, 7) is 1.94. The van der Waals surface area contributed by atoms with Crippen LogP contribution in [0.1, 0.15) is 53.7 Å². The van der Waals surface area contributed by atoms with Crippen LogP contribution in [0, 0.1) is 0 Å². The highest BCUT2D eigenvalue weighted by Gasteiger charge is 2.29. The maximum Gasteiger partial charge on any atom is 0.210 e. The topological polar surface area (TPSA) is 60.7 Å². The average Bonchev–Trinajstić information content (AvgIpc) is 3.09. The van der Waals surface area contributed by atoms with E-state index in [-0.39, 0.29) is 11.0 Å². The van der Waals surface area contributed by atoms with Crippen molar-refractivity contribution in [3.8, 4) is 0 Å². The summed E-state index contributed by atoms with van der Waals surface area (Å²) in [6.07, 6.45) is 5.70. The number of aromatic nitrogens is 4. The van der Waals surface area contributed by atoms with Gasteiger partial charge in [-0.15, -0.1) is 5.10 Å². The number of tetrazole rings is 1. The van der Waals surface area contributed by atoms with Gasteiger partial charge in [-0.05, 0) is 66.6 Å². The van der Waals surface area contributed by atoms with Crippen LogP contribution in [-0.2, 0) is 12.8 Å². The van der Waals surface area contributed by atoms with Gasteiger partial charge in [-0.1, -0.05) is 23.9 Å². The van der Waals surface area contributed by atoms with E-state index in [1.54, 1.807) is 0 Å². The maximum absolute atomic E-state index is 12.7. The van der Waals surface area contributed by atoms with Gasteiger partial charge in [0, 0.05) is 5.56 Å². The van der Waals surface area contributed by atoms with Gasteiger partial charge in [-0.25, -0.2) is 4.68 Å². The molecule has 22 heavy (non-hydrogen) atoms. The van der Waals surface area contributed by atoms with Crippen molar-refractivity contribution >= 4 is 17.5 Å².